The van der Waals surface area contributed by atoms with E-state index in [2.05, 4.69) is 6.58 Å². The van der Waals surface area contributed by atoms with Crippen LogP contribution in [0.1, 0.15) is 13.3 Å². The minimum Gasteiger partial charge on any atom is -0.513 e. The molecule has 0 radical (unpaired) electrons. The molecule has 0 heterocycles. The van der Waals surface area contributed by atoms with Gasteiger partial charge in [0.2, 0.25) is 0 Å². The van der Waals surface area contributed by atoms with Crippen LogP contribution in [0.2, 0.25) is 0 Å². The van der Waals surface area contributed by atoms with Crippen molar-refractivity contribution in [1.82, 2.24) is 0 Å². The summed E-state index contributed by atoms with van der Waals surface area (Å²) in [6.45, 7) is 5.09. The van der Waals surface area contributed by atoms with E-state index < -0.39 is 0 Å². The molecule has 42 valence electrons. The molecule has 1 unspecified atom stereocenters. The molecular formula is C5H11NO. The number of aliphatic hydroxyl groups excluding tert-OH is 1. The highest BCUT2D eigenvalue weighted by Gasteiger charge is 1.92. The van der Waals surface area contributed by atoms with E-state index in [1.54, 1.807) is 0 Å². The molecule has 0 aliphatic carbocycles. The summed E-state index contributed by atoms with van der Waals surface area (Å²) in [6, 6.07) is 0.0255. The Morgan fingerprint density at radius 3 is 2.43 bits per heavy atom. The van der Waals surface area contributed by atoms with Gasteiger partial charge in [0.1, 0.15) is 0 Å². The molecule has 0 aliphatic heterocycles. The summed E-state index contributed by atoms with van der Waals surface area (Å²) in [4.78, 5) is 0. The van der Waals surface area contributed by atoms with E-state index in [0.717, 1.165) is 0 Å². The molecule has 0 aromatic rings. The topological polar surface area (TPSA) is 46.2 Å². The van der Waals surface area contributed by atoms with Crippen molar-refractivity contribution in [1.29, 1.82) is 0 Å². The van der Waals surface area contributed by atoms with Crippen LogP contribution in [0.5, 0.6) is 0 Å². The number of hydrogen-bond donors (Lipinski definition) is 2. The summed E-state index contributed by atoms with van der Waals surface area (Å²) in [5, 5.41) is 8.45. The lowest BCUT2D eigenvalue weighted by Gasteiger charge is -1.99. The first-order valence-electron chi connectivity index (χ1n) is 2.25. The van der Waals surface area contributed by atoms with Gasteiger partial charge >= 0.3 is 0 Å². The molecule has 0 aliphatic rings. The van der Waals surface area contributed by atoms with E-state index in [1.807, 2.05) is 6.92 Å². The van der Waals surface area contributed by atoms with Gasteiger partial charge in [-0.2, -0.15) is 0 Å². The average Bonchev–Trinajstić information content (AvgIpc) is 1.27. The van der Waals surface area contributed by atoms with Gasteiger partial charge in [-0.05, 0) is 6.92 Å². The van der Waals surface area contributed by atoms with Crippen LogP contribution in [-0.2, 0) is 0 Å². The molecule has 2 nitrogen and oxygen atoms in total. The van der Waals surface area contributed by atoms with Crippen molar-refractivity contribution in [2.45, 2.75) is 19.4 Å². The van der Waals surface area contributed by atoms with Crippen LogP contribution in [-0.4, -0.2) is 11.1 Å². The van der Waals surface area contributed by atoms with Crippen molar-refractivity contribution >= 4 is 0 Å². The number of nitrogens with two attached hydrogens (primary N) is 1. The highest BCUT2D eigenvalue weighted by molar-refractivity contribution is 4.81. The normalized spacial score (nSPS) is 13.4. The Balaban J connectivity index is 3.13. The minimum absolute atomic E-state index is 0.0255. The molecule has 0 amide bonds. The maximum atomic E-state index is 8.45. The SMILES string of the molecule is C=C(O)CC(C)N. The Bertz CT molecular complexity index is 68.5. The van der Waals surface area contributed by atoms with Gasteiger partial charge in [0.15, 0.2) is 0 Å². The lowest BCUT2D eigenvalue weighted by Crippen LogP contribution is -2.14. The fourth-order valence-corrected chi connectivity index (χ4v) is 0.372. The molecule has 0 saturated heterocycles. The van der Waals surface area contributed by atoms with Crippen LogP contribution >= 0.6 is 0 Å². The monoisotopic (exact) mass is 101 g/mol. The standard InChI is InChI=1S/C5H11NO/c1-4(6)3-5(2)7/h4,7H,2-3,6H2,1H3. The van der Waals surface area contributed by atoms with Crippen LogP contribution < -0.4 is 5.73 Å². The zero-order valence-corrected chi connectivity index (χ0v) is 4.52. The van der Waals surface area contributed by atoms with Crippen molar-refractivity contribution < 1.29 is 5.11 Å². The van der Waals surface area contributed by atoms with Gasteiger partial charge in [-0.3, -0.25) is 0 Å². The third-order valence-electron chi connectivity index (χ3n) is 0.558. The second-order valence-corrected chi connectivity index (χ2v) is 1.75. The van der Waals surface area contributed by atoms with E-state index in [9.17, 15) is 0 Å². The highest BCUT2D eigenvalue weighted by atomic mass is 16.3. The maximum Gasteiger partial charge on any atom is 0.0866 e. The van der Waals surface area contributed by atoms with Gasteiger partial charge < -0.3 is 10.8 Å². The second kappa shape index (κ2) is 2.64. The third-order valence-corrected chi connectivity index (χ3v) is 0.558. The average molecular weight is 101 g/mol. The van der Waals surface area contributed by atoms with Crippen LogP contribution in [0.3, 0.4) is 0 Å². The molecule has 1 atom stereocenters. The van der Waals surface area contributed by atoms with Gasteiger partial charge in [0, 0.05) is 12.5 Å². The molecule has 0 bridgehead atoms. The van der Waals surface area contributed by atoms with Gasteiger partial charge in [-0.15, -0.1) is 0 Å². The summed E-state index contributed by atoms with van der Waals surface area (Å²) < 4.78 is 0. The van der Waals surface area contributed by atoms with E-state index in [4.69, 9.17) is 10.8 Å². The molecule has 0 spiro atoms. The zero-order valence-electron chi connectivity index (χ0n) is 4.52. The number of rotatable bonds is 2. The number of aliphatic hydroxyl groups is 1. The molecule has 3 N–H and O–H groups in total. The fraction of sp³-hybridized carbons (Fsp3) is 0.600. The van der Waals surface area contributed by atoms with E-state index in [1.165, 1.54) is 0 Å². The molecule has 2 heteroatoms. The Labute approximate surface area is 43.6 Å². The predicted octanol–water partition coefficient (Wildman–Crippen LogP) is 0.795. The van der Waals surface area contributed by atoms with Crippen molar-refractivity contribution in [3.63, 3.8) is 0 Å². The van der Waals surface area contributed by atoms with E-state index in [-0.39, 0.29) is 11.8 Å². The molecule has 0 aromatic carbocycles. The van der Waals surface area contributed by atoms with Crippen molar-refractivity contribution in [2.75, 3.05) is 0 Å². The van der Waals surface area contributed by atoms with Crippen molar-refractivity contribution in [2.24, 2.45) is 5.73 Å². The summed E-state index contributed by atoms with van der Waals surface area (Å²) in [5.74, 6) is 0.162. The Morgan fingerprint density at radius 1 is 2.00 bits per heavy atom. The first kappa shape index (κ1) is 6.50. The predicted molar refractivity (Wildman–Crippen MR) is 30.0 cm³/mol. The molecular weight excluding hydrogens is 90.1 g/mol. The Morgan fingerprint density at radius 2 is 2.43 bits per heavy atom. The molecule has 0 fully saturated rings. The zero-order chi connectivity index (χ0) is 5.86. The van der Waals surface area contributed by atoms with Crippen LogP contribution in [0.25, 0.3) is 0 Å². The Kier molecular flexibility index (Phi) is 2.45. The second-order valence-electron chi connectivity index (χ2n) is 1.75. The summed E-state index contributed by atoms with van der Waals surface area (Å²) in [6.07, 6.45) is 0.500. The van der Waals surface area contributed by atoms with Crippen molar-refractivity contribution in [3.05, 3.63) is 12.3 Å². The van der Waals surface area contributed by atoms with Gasteiger partial charge in [0.25, 0.3) is 0 Å². The largest absolute Gasteiger partial charge is 0.513 e. The van der Waals surface area contributed by atoms with Crippen LogP contribution in [0, 0.1) is 0 Å². The highest BCUT2D eigenvalue weighted by Crippen LogP contribution is 1.93. The number of hydrogen-bond acceptors (Lipinski definition) is 2. The summed E-state index contributed by atoms with van der Waals surface area (Å²) in [7, 11) is 0. The lowest BCUT2D eigenvalue weighted by molar-refractivity contribution is 0.380. The molecule has 0 rings (SSSR count). The third kappa shape index (κ3) is 5.50. The fourth-order valence-electron chi connectivity index (χ4n) is 0.372. The van der Waals surface area contributed by atoms with Gasteiger partial charge in [-0.25, -0.2) is 0 Å². The van der Waals surface area contributed by atoms with Crippen LogP contribution in [0.15, 0.2) is 12.3 Å². The first-order valence-corrected chi connectivity index (χ1v) is 2.25. The maximum absolute atomic E-state index is 8.45. The first-order chi connectivity index (χ1) is 3.13. The van der Waals surface area contributed by atoms with E-state index in [0.29, 0.717) is 6.42 Å². The smallest absolute Gasteiger partial charge is 0.0866 e. The molecule has 0 saturated carbocycles. The summed E-state index contributed by atoms with van der Waals surface area (Å²) >= 11 is 0. The quantitative estimate of drug-likeness (QED) is 0.505. The van der Waals surface area contributed by atoms with Crippen LogP contribution in [0.4, 0.5) is 0 Å². The van der Waals surface area contributed by atoms with Gasteiger partial charge in [-0.1, -0.05) is 6.58 Å². The molecule has 0 aromatic heterocycles. The minimum atomic E-state index is 0.0255. The van der Waals surface area contributed by atoms with E-state index >= 15 is 0 Å². The van der Waals surface area contributed by atoms with Gasteiger partial charge in [0.05, 0.1) is 5.76 Å². The van der Waals surface area contributed by atoms with Crippen molar-refractivity contribution in [3.8, 4) is 0 Å². The summed E-state index contributed by atoms with van der Waals surface area (Å²) in [5.41, 5.74) is 5.27. The Hall–Kier alpha value is -0.500. The lowest BCUT2D eigenvalue weighted by atomic mass is 10.2. The molecule has 7 heavy (non-hydrogen) atoms.